The summed E-state index contributed by atoms with van der Waals surface area (Å²) >= 11 is 0. The second-order valence-electron chi connectivity index (χ2n) is 4.54. The molecule has 0 fully saturated rings. The number of nitrogens with zero attached hydrogens (tertiary/aromatic N) is 1. The minimum absolute atomic E-state index is 0.0992. The van der Waals surface area contributed by atoms with E-state index < -0.39 is 0 Å². The van der Waals surface area contributed by atoms with Crippen molar-refractivity contribution < 1.29 is 5.11 Å². The van der Waals surface area contributed by atoms with E-state index >= 15 is 0 Å². The van der Waals surface area contributed by atoms with Gasteiger partial charge in [0.25, 0.3) is 0 Å². The molecule has 1 aromatic rings. The van der Waals surface area contributed by atoms with Crippen LogP contribution in [0.1, 0.15) is 31.2 Å². The summed E-state index contributed by atoms with van der Waals surface area (Å²) in [4.78, 5) is 0. The van der Waals surface area contributed by atoms with E-state index in [2.05, 4.69) is 18.3 Å². The summed E-state index contributed by atoms with van der Waals surface area (Å²) in [7, 11) is 0. The molecular weight excluding hydrogens is 224 g/mol. The molecule has 0 saturated carbocycles. The van der Waals surface area contributed by atoms with E-state index in [9.17, 15) is 5.26 Å². The van der Waals surface area contributed by atoms with E-state index in [-0.39, 0.29) is 12.5 Å². The predicted octanol–water partition coefficient (Wildman–Crippen LogP) is 2.29. The maximum atomic E-state index is 9.18. The Kier molecular flexibility index (Phi) is 7.09. The van der Waals surface area contributed by atoms with E-state index in [1.165, 1.54) is 0 Å². The van der Waals surface area contributed by atoms with E-state index in [4.69, 9.17) is 5.11 Å². The third-order valence-corrected chi connectivity index (χ3v) is 3.25. The first-order valence-corrected chi connectivity index (χ1v) is 6.58. The van der Waals surface area contributed by atoms with Crippen molar-refractivity contribution in [3.63, 3.8) is 0 Å². The monoisotopic (exact) mass is 246 g/mol. The molecule has 0 radical (unpaired) electrons. The first kappa shape index (κ1) is 14.7. The molecule has 1 aromatic carbocycles. The van der Waals surface area contributed by atoms with Crippen LogP contribution in [0.5, 0.6) is 0 Å². The number of nitriles is 1. The standard InChI is InChI=1S/C15H22N2O/c1-2-13(8-9-18)11-17-12-15(10-16)14-6-4-3-5-7-14/h3-7,13,15,17-18H,2,8-9,11-12H2,1H3. The van der Waals surface area contributed by atoms with Crippen LogP contribution in [0.15, 0.2) is 30.3 Å². The van der Waals surface area contributed by atoms with Crippen molar-refractivity contribution in [2.75, 3.05) is 19.7 Å². The quantitative estimate of drug-likeness (QED) is 0.740. The van der Waals surface area contributed by atoms with Crippen LogP contribution in [-0.4, -0.2) is 24.8 Å². The van der Waals surface area contributed by atoms with Gasteiger partial charge < -0.3 is 10.4 Å². The zero-order valence-corrected chi connectivity index (χ0v) is 11.0. The van der Waals surface area contributed by atoms with Gasteiger partial charge in [0, 0.05) is 13.2 Å². The maximum Gasteiger partial charge on any atom is 0.0837 e. The molecule has 0 spiro atoms. The Hall–Kier alpha value is -1.37. The summed E-state index contributed by atoms with van der Waals surface area (Å²) in [6.07, 6.45) is 1.88. The second kappa shape index (κ2) is 8.68. The van der Waals surface area contributed by atoms with E-state index in [1.54, 1.807) is 0 Å². The molecule has 0 saturated heterocycles. The Labute approximate surface area is 109 Å². The highest BCUT2D eigenvalue weighted by molar-refractivity contribution is 5.24. The summed E-state index contributed by atoms with van der Waals surface area (Å²) < 4.78 is 0. The minimum atomic E-state index is -0.0992. The maximum absolute atomic E-state index is 9.18. The number of aliphatic hydroxyl groups is 1. The lowest BCUT2D eigenvalue weighted by molar-refractivity contribution is 0.251. The van der Waals surface area contributed by atoms with E-state index in [1.807, 2.05) is 30.3 Å². The van der Waals surface area contributed by atoms with Crippen LogP contribution >= 0.6 is 0 Å². The molecule has 1 rings (SSSR count). The molecule has 18 heavy (non-hydrogen) atoms. The summed E-state index contributed by atoms with van der Waals surface area (Å²) in [5.41, 5.74) is 1.06. The Morgan fingerprint density at radius 2 is 2.00 bits per heavy atom. The fourth-order valence-corrected chi connectivity index (χ4v) is 1.99. The van der Waals surface area contributed by atoms with Crippen LogP contribution in [0.2, 0.25) is 0 Å². The molecule has 0 amide bonds. The molecule has 0 bridgehead atoms. The molecule has 3 nitrogen and oxygen atoms in total. The predicted molar refractivity (Wildman–Crippen MR) is 73.1 cm³/mol. The van der Waals surface area contributed by atoms with E-state index in [0.29, 0.717) is 12.5 Å². The number of rotatable bonds is 8. The van der Waals surface area contributed by atoms with Crippen molar-refractivity contribution in [2.24, 2.45) is 5.92 Å². The zero-order chi connectivity index (χ0) is 13.2. The summed E-state index contributed by atoms with van der Waals surface area (Å²) in [5.74, 6) is 0.392. The van der Waals surface area contributed by atoms with Crippen molar-refractivity contribution in [3.05, 3.63) is 35.9 Å². The van der Waals surface area contributed by atoms with Gasteiger partial charge in [-0.25, -0.2) is 0 Å². The van der Waals surface area contributed by atoms with Gasteiger partial charge in [-0.3, -0.25) is 0 Å². The lowest BCUT2D eigenvalue weighted by Gasteiger charge is -2.16. The molecule has 0 aliphatic carbocycles. The van der Waals surface area contributed by atoms with Crippen LogP contribution in [-0.2, 0) is 0 Å². The molecule has 2 N–H and O–H groups in total. The fraction of sp³-hybridized carbons (Fsp3) is 0.533. The molecule has 2 unspecified atom stereocenters. The fourth-order valence-electron chi connectivity index (χ4n) is 1.99. The molecular formula is C15H22N2O. The minimum Gasteiger partial charge on any atom is -0.396 e. The van der Waals surface area contributed by atoms with Crippen LogP contribution < -0.4 is 5.32 Å². The van der Waals surface area contributed by atoms with Gasteiger partial charge in [0.05, 0.1) is 12.0 Å². The van der Waals surface area contributed by atoms with Crippen LogP contribution in [0.3, 0.4) is 0 Å². The zero-order valence-electron chi connectivity index (χ0n) is 11.0. The highest BCUT2D eigenvalue weighted by Crippen LogP contribution is 2.13. The van der Waals surface area contributed by atoms with Gasteiger partial charge in [-0.1, -0.05) is 43.7 Å². The molecule has 0 heterocycles. The lowest BCUT2D eigenvalue weighted by atomic mass is 9.99. The van der Waals surface area contributed by atoms with Crippen molar-refractivity contribution >= 4 is 0 Å². The number of hydrogen-bond acceptors (Lipinski definition) is 3. The molecule has 3 heteroatoms. The Morgan fingerprint density at radius 1 is 1.28 bits per heavy atom. The highest BCUT2D eigenvalue weighted by Gasteiger charge is 2.11. The average Bonchev–Trinajstić information content (AvgIpc) is 2.43. The summed E-state index contributed by atoms with van der Waals surface area (Å²) in [6, 6.07) is 12.2. The summed E-state index contributed by atoms with van der Waals surface area (Å²) in [6.45, 7) is 3.89. The van der Waals surface area contributed by atoms with Crippen molar-refractivity contribution in [1.82, 2.24) is 5.32 Å². The van der Waals surface area contributed by atoms with Crippen LogP contribution in [0.25, 0.3) is 0 Å². The van der Waals surface area contributed by atoms with Crippen molar-refractivity contribution in [1.29, 1.82) is 5.26 Å². The Morgan fingerprint density at radius 3 is 2.56 bits per heavy atom. The van der Waals surface area contributed by atoms with E-state index in [0.717, 1.165) is 24.9 Å². The summed E-state index contributed by atoms with van der Waals surface area (Å²) in [5, 5.41) is 21.4. The smallest absolute Gasteiger partial charge is 0.0837 e. The molecule has 2 atom stereocenters. The highest BCUT2D eigenvalue weighted by atomic mass is 16.3. The number of hydrogen-bond donors (Lipinski definition) is 2. The Bertz CT molecular complexity index is 359. The van der Waals surface area contributed by atoms with Gasteiger partial charge in [-0.05, 0) is 24.4 Å². The third-order valence-electron chi connectivity index (χ3n) is 3.25. The number of benzene rings is 1. The van der Waals surface area contributed by atoms with Gasteiger partial charge in [0.2, 0.25) is 0 Å². The first-order chi connectivity index (χ1) is 8.81. The Balaban J connectivity index is 2.39. The first-order valence-electron chi connectivity index (χ1n) is 6.58. The largest absolute Gasteiger partial charge is 0.396 e. The molecule has 0 aliphatic heterocycles. The average molecular weight is 246 g/mol. The van der Waals surface area contributed by atoms with Crippen molar-refractivity contribution in [2.45, 2.75) is 25.7 Å². The van der Waals surface area contributed by atoms with Crippen molar-refractivity contribution in [3.8, 4) is 6.07 Å². The van der Waals surface area contributed by atoms with Gasteiger partial charge in [0.15, 0.2) is 0 Å². The normalized spacial score (nSPS) is 13.8. The molecule has 98 valence electrons. The van der Waals surface area contributed by atoms with Gasteiger partial charge in [-0.2, -0.15) is 5.26 Å². The van der Waals surface area contributed by atoms with Crippen LogP contribution in [0.4, 0.5) is 0 Å². The topological polar surface area (TPSA) is 56.0 Å². The second-order valence-corrected chi connectivity index (χ2v) is 4.54. The van der Waals surface area contributed by atoms with Gasteiger partial charge >= 0.3 is 0 Å². The number of nitrogens with one attached hydrogen (secondary N) is 1. The third kappa shape index (κ3) is 4.87. The molecule has 0 aromatic heterocycles. The SMILES string of the molecule is CCC(CCO)CNCC(C#N)c1ccccc1. The van der Waals surface area contributed by atoms with Gasteiger partial charge in [0.1, 0.15) is 0 Å². The number of aliphatic hydroxyl groups excluding tert-OH is 1. The molecule has 0 aliphatic rings. The van der Waals surface area contributed by atoms with Gasteiger partial charge in [-0.15, -0.1) is 0 Å². The van der Waals surface area contributed by atoms with Crippen LogP contribution in [0, 0.1) is 17.2 Å². The lowest BCUT2D eigenvalue weighted by Crippen LogP contribution is -2.27.